The van der Waals surface area contributed by atoms with E-state index in [0.29, 0.717) is 0 Å². The van der Waals surface area contributed by atoms with Crippen LogP contribution in [0.5, 0.6) is 0 Å². The lowest BCUT2D eigenvalue weighted by Crippen LogP contribution is -2.05. The van der Waals surface area contributed by atoms with Crippen molar-refractivity contribution in [2.45, 2.75) is 13.0 Å². The van der Waals surface area contributed by atoms with E-state index in [2.05, 4.69) is 37.0 Å². The number of halogens is 2. The third kappa shape index (κ3) is 2.36. The zero-order valence-electron chi connectivity index (χ0n) is 8.69. The Bertz CT molecular complexity index is 506. The molecule has 2 rings (SSSR count). The molecule has 16 heavy (non-hydrogen) atoms. The lowest BCUT2D eigenvalue weighted by atomic mass is 10.1. The predicted octanol–water partition coefficient (Wildman–Crippen LogP) is 3.42. The molecule has 0 aliphatic heterocycles. The molecule has 84 valence electrons. The first-order chi connectivity index (χ1) is 7.58. The van der Waals surface area contributed by atoms with E-state index in [-0.39, 0.29) is 6.04 Å². The third-order valence-electron chi connectivity index (χ3n) is 2.30. The highest BCUT2D eigenvalue weighted by Crippen LogP contribution is 2.25. The molecular weight excluding hydrogens is 334 g/mol. The van der Waals surface area contributed by atoms with E-state index in [1.54, 1.807) is 10.9 Å². The molecule has 2 N–H and O–H groups in total. The fraction of sp³-hybridized carbons (Fsp3) is 0.182. The molecule has 1 heterocycles. The van der Waals surface area contributed by atoms with Gasteiger partial charge in [0, 0.05) is 16.7 Å². The van der Waals surface area contributed by atoms with Gasteiger partial charge in [0.25, 0.3) is 0 Å². The summed E-state index contributed by atoms with van der Waals surface area (Å²) in [4.78, 5) is 0. The van der Waals surface area contributed by atoms with E-state index in [9.17, 15) is 0 Å². The van der Waals surface area contributed by atoms with Crippen molar-refractivity contribution in [3.05, 3.63) is 45.1 Å². The highest BCUT2D eigenvalue weighted by atomic mass is 79.9. The molecule has 2 aromatic rings. The Hall–Kier alpha value is -0.650. The van der Waals surface area contributed by atoms with Crippen molar-refractivity contribution in [2.24, 2.45) is 5.73 Å². The summed E-state index contributed by atoms with van der Waals surface area (Å²) < 4.78 is 3.74. The topological polar surface area (TPSA) is 43.8 Å². The molecule has 1 aromatic carbocycles. The molecule has 0 saturated heterocycles. The molecule has 0 aliphatic rings. The van der Waals surface area contributed by atoms with Crippen molar-refractivity contribution in [2.75, 3.05) is 0 Å². The number of benzene rings is 1. The minimum atomic E-state index is 0.0368. The predicted molar refractivity (Wildman–Crippen MR) is 71.6 cm³/mol. The number of hydrogen-bond donors (Lipinski definition) is 1. The molecule has 5 heteroatoms. The Labute approximate surface area is 111 Å². The Kier molecular flexibility index (Phi) is 3.47. The average Bonchev–Trinajstić information content (AvgIpc) is 2.64. The van der Waals surface area contributed by atoms with Gasteiger partial charge in [-0.05, 0) is 56.5 Å². The van der Waals surface area contributed by atoms with Crippen LogP contribution in [0.3, 0.4) is 0 Å². The summed E-state index contributed by atoms with van der Waals surface area (Å²) >= 11 is 6.90. The summed E-state index contributed by atoms with van der Waals surface area (Å²) in [6.07, 6.45) is 3.66. The van der Waals surface area contributed by atoms with Crippen LogP contribution in [0.15, 0.2) is 39.5 Å². The first-order valence-electron chi connectivity index (χ1n) is 4.83. The van der Waals surface area contributed by atoms with Gasteiger partial charge in [0.05, 0.1) is 16.4 Å². The van der Waals surface area contributed by atoms with Crippen molar-refractivity contribution in [3.63, 3.8) is 0 Å². The van der Waals surface area contributed by atoms with Gasteiger partial charge >= 0.3 is 0 Å². The maximum absolute atomic E-state index is 5.82. The SMILES string of the molecule is CC(N)c1ccc(-n2cc(Br)cn2)c(Br)c1. The van der Waals surface area contributed by atoms with Crippen molar-refractivity contribution in [1.82, 2.24) is 9.78 Å². The second-order valence-corrected chi connectivity index (χ2v) is 5.37. The van der Waals surface area contributed by atoms with E-state index in [0.717, 1.165) is 20.2 Å². The minimum absolute atomic E-state index is 0.0368. The molecule has 0 spiro atoms. The zero-order valence-corrected chi connectivity index (χ0v) is 11.9. The van der Waals surface area contributed by atoms with Gasteiger partial charge in [-0.25, -0.2) is 4.68 Å². The van der Waals surface area contributed by atoms with Crippen LogP contribution in [0, 0.1) is 0 Å². The molecule has 0 fully saturated rings. The molecule has 1 atom stereocenters. The van der Waals surface area contributed by atoms with Crippen molar-refractivity contribution in [3.8, 4) is 5.69 Å². The second kappa shape index (κ2) is 4.69. The smallest absolute Gasteiger partial charge is 0.0788 e. The highest BCUT2D eigenvalue weighted by molar-refractivity contribution is 9.10. The van der Waals surface area contributed by atoms with Crippen LogP contribution < -0.4 is 5.73 Å². The van der Waals surface area contributed by atoms with Crippen LogP contribution in [0.25, 0.3) is 5.69 Å². The van der Waals surface area contributed by atoms with E-state index in [4.69, 9.17) is 5.73 Å². The first-order valence-corrected chi connectivity index (χ1v) is 6.42. The molecule has 1 unspecified atom stereocenters. The van der Waals surface area contributed by atoms with E-state index in [1.165, 1.54) is 0 Å². The molecule has 0 radical (unpaired) electrons. The van der Waals surface area contributed by atoms with Crippen molar-refractivity contribution < 1.29 is 0 Å². The normalized spacial score (nSPS) is 12.8. The monoisotopic (exact) mass is 343 g/mol. The molecule has 0 bridgehead atoms. The number of rotatable bonds is 2. The summed E-state index contributed by atoms with van der Waals surface area (Å²) in [5.74, 6) is 0. The summed E-state index contributed by atoms with van der Waals surface area (Å²) in [5.41, 5.74) is 7.92. The van der Waals surface area contributed by atoms with Crippen LogP contribution in [0.1, 0.15) is 18.5 Å². The van der Waals surface area contributed by atoms with E-state index in [1.807, 2.05) is 31.3 Å². The maximum Gasteiger partial charge on any atom is 0.0788 e. The van der Waals surface area contributed by atoms with Crippen LogP contribution >= 0.6 is 31.9 Å². The summed E-state index contributed by atoms with van der Waals surface area (Å²) in [7, 11) is 0. The molecule has 3 nitrogen and oxygen atoms in total. The van der Waals surface area contributed by atoms with Gasteiger partial charge in [-0.1, -0.05) is 6.07 Å². The summed E-state index contributed by atoms with van der Waals surface area (Å²) in [5, 5.41) is 4.23. The van der Waals surface area contributed by atoms with Crippen molar-refractivity contribution >= 4 is 31.9 Å². The van der Waals surface area contributed by atoms with Gasteiger partial charge in [-0.2, -0.15) is 5.10 Å². The zero-order chi connectivity index (χ0) is 11.7. The number of nitrogens with zero attached hydrogens (tertiary/aromatic N) is 2. The molecule has 0 amide bonds. The van der Waals surface area contributed by atoms with Gasteiger partial charge < -0.3 is 5.73 Å². The number of nitrogens with two attached hydrogens (primary N) is 1. The third-order valence-corrected chi connectivity index (χ3v) is 3.34. The Morgan fingerprint density at radius 3 is 2.62 bits per heavy atom. The van der Waals surface area contributed by atoms with Crippen LogP contribution in [-0.2, 0) is 0 Å². The van der Waals surface area contributed by atoms with Gasteiger partial charge in [0.1, 0.15) is 0 Å². The minimum Gasteiger partial charge on any atom is -0.324 e. The second-order valence-electron chi connectivity index (χ2n) is 3.60. The molecule has 0 saturated carbocycles. The standard InChI is InChI=1S/C11H11Br2N3/c1-7(14)8-2-3-11(10(13)4-8)16-6-9(12)5-15-16/h2-7H,14H2,1H3. The number of hydrogen-bond acceptors (Lipinski definition) is 2. The van der Waals surface area contributed by atoms with Gasteiger partial charge in [-0.15, -0.1) is 0 Å². The average molecular weight is 345 g/mol. The fourth-order valence-electron chi connectivity index (χ4n) is 1.42. The molecule has 1 aromatic heterocycles. The maximum atomic E-state index is 5.82. The largest absolute Gasteiger partial charge is 0.324 e. The van der Waals surface area contributed by atoms with Crippen LogP contribution in [0.2, 0.25) is 0 Å². The van der Waals surface area contributed by atoms with Crippen LogP contribution in [-0.4, -0.2) is 9.78 Å². The molecular formula is C11H11Br2N3. The quantitative estimate of drug-likeness (QED) is 0.907. The fourth-order valence-corrected chi connectivity index (χ4v) is 2.29. The first kappa shape index (κ1) is 11.8. The van der Waals surface area contributed by atoms with Gasteiger partial charge in [0.2, 0.25) is 0 Å². The lowest BCUT2D eigenvalue weighted by Gasteiger charge is -2.09. The van der Waals surface area contributed by atoms with E-state index < -0.39 is 0 Å². The molecule has 0 aliphatic carbocycles. The Morgan fingerprint density at radius 2 is 2.12 bits per heavy atom. The van der Waals surface area contributed by atoms with Crippen molar-refractivity contribution in [1.29, 1.82) is 0 Å². The summed E-state index contributed by atoms with van der Waals surface area (Å²) in [6.45, 7) is 1.96. The Morgan fingerprint density at radius 1 is 1.38 bits per heavy atom. The van der Waals surface area contributed by atoms with Crippen LogP contribution in [0.4, 0.5) is 0 Å². The van der Waals surface area contributed by atoms with Gasteiger partial charge in [-0.3, -0.25) is 0 Å². The highest BCUT2D eigenvalue weighted by Gasteiger charge is 2.07. The van der Waals surface area contributed by atoms with Gasteiger partial charge in [0.15, 0.2) is 0 Å². The summed E-state index contributed by atoms with van der Waals surface area (Å²) in [6, 6.07) is 6.08. The number of aromatic nitrogens is 2. The lowest BCUT2D eigenvalue weighted by molar-refractivity contribution is 0.812. The van der Waals surface area contributed by atoms with E-state index >= 15 is 0 Å². The Balaban J connectivity index is 2.44.